The Labute approximate surface area is 105 Å². The summed E-state index contributed by atoms with van der Waals surface area (Å²) in [5.74, 6) is 0. The first-order chi connectivity index (χ1) is 8.29. The molecule has 0 aromatic carbocycles. The second-order valence-corrected chi connectivity index (χ2v) is 5.03. The molecule has 0 saturated carbocycles. The minimum absolute atomic E-state index is 0.190. The molecule has 2 N–H and O–H groups in total. The Balaban J connectivity index is 2.05. The van der Waals surface area contributed by atoms with E-state index in [1.807, 2.05) is 6.92 Å². The highest BCUT2D eigenvalue weighted by Gasteiger charge is 2.15. The lowest BCUT2D eigenvalue weighted by molar-refractivity contribution is 0.513. The van der Waals surface area contributed by atoms with Gasteiger partial charge < -0.3 is 5.32 Å². The Morgan fingerprint density at radius 2 is 2.41 bits per heavy atom. The summed E-state index contributed by atoms with van der Waals surface area (Å²) in [4.78, 5) is 4.49. The minimum atomic E-state index is 0.190. The van der Waals surface area contributed by atoms with Crippen LogP contribution in [0.25, 0.3) is 0 Å². The number of rotatable bonds is 6. The molecule has 0 radical (unpaired) electrons. The number of hydrogen-bond acceptors (Lipinski definition) is 5. The largest absolute Gasteiger partial charge is 0.308 e. The van der Waals surface area contributed by atoms with Gasteiger partial charge in [0.05, 0.1) is 28.6 Å². The second kappa shape index (κ2) is 5.88. The normalized spacial score (nSPS) is 12.8. The zero-order valence-electron chi connectivity index (χ0n) is 10.1. The van der Waals surface area contributed by atoms with Crippen molar-refractivity contribution < 1.29 is 0 Å². The SMILES string of the molecule is CCCNC(Cc1csc(C)n1)c1cn[nH]n1. The van der Waals surface area contributed by atoms with Gasteiger partial charge in [0.15, 0.2) is 0 Å². The molecular formula is C11H17N5S. The van der Waals surface area contributed by atoms with Gasteiger partial charge in [-0.2, -0.15) is 15.4 Å². The van der Waals surface area contributed by atoms with Crippen molar-refractivity contribution in [2.45, 2.75) is 32.7 Å². The van der Waals surface area contributed by atoms with E-state index in [0.717, 1.165) is 35.8 Å². The van der Waals surface area contributed by atoms with Gasteiger partial charge in [-0.05, 0) is 19.9 Å². The first kappa shape index (κ1) is 12.2. The highest BCUT2D eigenvalue weighted by Crippen LogP contribution is 2.17. The summed E-state index contributed by atoms with van der Waals surface area (Å²) in [7, 11) is 0. The van der Waals surface area contributed by atoms with Crippen molar-refractivity contribution in [3.05, 3.63) is 28.0 Å². The Kier molecular flexibility index (Phi) is 4.22. The molecule has 2 heterocycles. The lowest BCUT2D eigenvalue weighted by atomic mass is 10.1. The Morgan fingerprint density at radius 1 is 1.53 bits per heavy atom. The maximum atomic E-state index is 4.49. The van der Waals surface area contributed by atoms with E-state index in [0.29, 0.717) is 0 Å². The highest BCUT2D eigenvalue weighted by molar-refractivity contribution is 7.09. The monoisotopic (exact) mass is 251 g/mol. The molecule has 0 fully saturated rings. The standard InChI is InChI=1S/C11H17N5S/c1-3-4-12-10(11-6-13-16-15-11)5-9-7-17-8(2)14-9/h6-7,10,12H,3-5H2,1-2H3,(H,13,15,16). The van der Waals surface area contributed by atoms with Gasteiger partial charge in [-0.15, -0.1) is 11.3 Å². The Bertz CT molecular complexity index is 436. The summed E-state index contributed by atoms with van der Waals surface area (Å²) in [6, 6.07) is 0.190. The topological polar surface area (TPSA) is 66.5 Å². The van der Waals surface area contributed by atoms with Crippen LogP contribution in [0, 0.1) is 6.92 Å². The van der Waals surface area contributed by atoms with Crippen molar-refractivity contribution in [2.24, 2.45) is 0 Å². The molecule has 0 aliphatic carbocycles. The van der Waals surface area contributed by atoms with Gasteiger partial charge in [0.2, 0.25) is 0 Å². The van der Waals surface area contributed by atoms with E-state index in [1.54, 1.807) is 17.5 Å². The van der Waals surface area contributed by atoms with Crippen LogP contribution in [0.1, 0.15) is 35.8 Å². The molecule has 2 aromatic heterocycles. The zero-order chi connectivity index (χ0) is 12.1. The van der Waals surface area contributed by atoms with Crippen molar-refractivity contribution in [3.63, 3.8) is 0 Å². The summed E-state index contributed by atoms with van der Waals surface area (Å²) >= 11 is 1.68. The van der Waals surface area contributed by atoms with Crippen molar-refractivity contribution in [1.82, 2.24) is 25.7 Å². The van der Waals surface area contributed by atoms with Crippen molar-refractivity contribution in [2.75, 3.05) is 6.54 Å². The molecule has 2 aromatic rings. The van der Waals surface area contributed by atoms with E-state index in [2.05, 4.69) is 38.0 Å². The van der Waals surface area contributed by atoms with E-state index in [9.17, 15) is 0 Å². The average molecular weight is 251 g/mol. The van der Waals surface area contributed by atoms with Crippen LogP contribution in [0.5, 0.6) is 0 Å². The third kappa shape index (κ3) is 3.34. The molecule has 0 saturated heterocycles. The summed E-state index contributed by atoms with van der Waals surface area (Å²) < 4.78 is 0. The molecule has 0 aliphatic heterocycles. The van der Waals surface area contributed by atoms with E-state index in [1.165, 1.54) is 0 Å². The zero-order valence-corrected chi connectivity index (χ0v) is 10.9. The van der Waals surface area contributed by atoms with E-state index >= 15 is 0 Å². The molecule has 92 valence electrons. The third-order valence-corrected chi connectivity index (χ3v) is 3.33. The van der Waals surface area contributed by atoms with Crippen LogP contribution in [-0.2, 0) is 6.42 Å². The predicted molar refractivity (Wildman–Crippen MR) is 68.0 cm³/mol. The molecule has 1 atom stereocenters. The highest BCUT2D eigenvalue weighted by atomic mass is 32.1. The van der Waals surface area contributed by atoms with Gasteiger partial charge in [-0.3, -0.25) is 0 Å². The van der Waals surface area contributed by atoms with Crippen LogP contribution in [0.2, 0.25) is 0 Å². The Hall–Kier alpha value is -1.27. The van der Waals surface area contributed by atoms with Gasteiger partial charge in [0, 0.05) is 11.8 Å². The molecule has 0 bridgehead atoms. The summed E-state index contributed by atoms with van der Waals surface area (Å²) in [5, 5.41) is 17.4. The van der Waals surface area contributed by atoms with Crippen LogP contribution in [0.3, 0.4) is 0 Å². The fourth-order valence-electron chi connectivity index (χ4n) is 1.69. The van der Waals surface area contributed by atoms with Crippen LogP contribution in [0.15, 0.2) is 11.6 Å². The molecule has 0 amide bonds. The van der Waals surface area contributed by atoms with E-state index < -0.39 is 0 Å². The number of thiazole rings is 1. The molecule has 2 rings (SSSR count). The summed E-state index contributed by atoms with van der Waals surface area (Å²) in [6.45, 7) is 5.15. The van der Waals surface area contributed by atoms with Crippen LogP contribution < -0.4 is 5.32 Å². The van der Waals surface area contributed by atoms with Gasteiger partial charge >= 0.3 is 0 Å². The van der Waals surface area contributed by atoms with Crippen LogP contribution >= 0.6 is 11.3 Å². The number of nitrogens with zero attached hydrogens (tertiary/aromatic N) is 3. The average Bonchev–Trinajstić information content (AvgIpc) is 2.95. The molecular weight excluding hydrogens is 234 g/mol. The van der Waals surface area contributed by atoms with Gasteiger partial charge in [0.1, 0.15) is 0 Å². The molecule has 0 aliphatic rings. The minimum Gasteiger partial charge on any atom is -0.308 e. The van der Waals surface area contributed by atoms with Gasteiger partial charge in [-0.1, -0.05) is 6.92 Å². The third-order valence-electron chi connectivity index (χ3n) is 2.51. The van der Waals surface area contributed by atoms with Crippen LogP contribution in [0.4, 0.5) is 0 Å². The maximum absolute atomic E-state index is 4.49. The number of aromatic amines is 1. The summed E-state index contributed by atoms with van der Waals surface area (Å²) in [5.41, 5.74) is 2.06. The van der Waals surface area contributed by atoms with Gasteiger partial charge in [0.25, 0.3) is 0 Å². The quantitative estimate of drug-likeness (QED) is 0.822. The van der Waals surface area contributed by atoms with E-state index in [-0.39, 0.29) is 6.04 Å². The second-order valence-electron chi connectivity index (χ2n) is 3.96. The number of aromatic nitrogens is 4. The number of nitrogens with one attached hydrogen (secondary N) is 2. The van der Waals surface area contributed by atoms with Crippen LogP contribution in [-0.4, -0.2) is 26.9 Å². The van der Waals surface area contributed by atoms with E-state index in [4.69, 9.17) is 0 Å². The lowest BCUT2D eigenvalue weighted by Crippen LogP contribution is -2.24. The summed E-state index contributed by atoms with van der Waals surface area (Å²) in [6.07, 6.45) is 3.73. The molecule has 17 heavy (non-hydrogen) atoms. The number of aryl methyl sites for hydroxylation is 1. The first-order valence-corrected chi connectivity index (χ1v) is 6.67. The molecule has 5 nitrogen and oxygen atoms in total. The molecule has 0 spiro atoms. The van der Waals surface area contributed by atoms with Gasteiger partial charge in [-0.25, -0.2) is 4.98 Å². The smallest absolute Gasteiger partial charge is 0.0997 e. The fourth-order valence-corrected chi connectivity index (χ4v) is 2.31. The maximum Gasteiger partial charge on any atom is 0.0997 e. The predicted octanol–water partition coefficient (Wildman–Crippen LogP) is 1.85. The molecule has 6 heteroatoms. The fraction of sp³-hybridized carbons (Fsp3) is 0.545. The number of H-pyrrole nitrogens is 1. The Morgan fingerprint density at radius 3 is 3.00 bits per heavy atom. The number of hydrogen-bond donors (Lipinski definition) is 2. The van der Waals surface area contributed by atoms with Crippen molar-refractivity contribution in [3.8, 4) is 0 Å². The van der Waals surface area contributed by atoms with Crippen molar-refractivity contribution >= 4 is 11.3 Å². The first-order valence-electron chi connectivity index (χ1n) is 5.79. The van der Waals surface area contributed by atoms with Crippen molar-refractivity contribution in [1.29, 1.82) is 0 Å². The lowest BCUT2D eigenvalue weighted by Gasteiger charge is -2.14. The molecule has 1 unspecified atom stereocenters.